The van der Waals surface area contributed by atoms with Crippen molar-refractivity contribution < 1.29 is 9.84 Å². The van der Waals surface area contributed by atoms with Crippen LogP contribution in [0.5, 0.6) is 0 Å². The van der Waals surface area contributed by atoms with Crippen molar-refractivity contribution in [3.8, 4) is 0 Å². The Balaban J connectivity index is 2.56. The van der Waals surface area contributed by atoms with Crippen molar-refractivity contribution in [2.24, 2.45) is 0 Å². The molecule has 0 aliphatic heterocycles. The van der Waals surface area contributed by atoms with Crippen molar-refractivity contribution in [2.45, 2.75) is 6.10 Å². The Hall–Kier alpha value is -1.26. The summed E-state index contributed by atoms with van der Waals surface area (Å²) < 4.78 is 4.86. The van der Waals surface area contributed by atoms with Crippen LogP contribution in [0.25, 0.3) is 0 Å². The summed E-state index contributed by atoms with van der Waals surface area (Å²) in [6, 6.07) is 7.56. The predicted molar refractivity (Wildman–Crippen MR) is 62.0 cm³/mol. The van der Waals surface area contributed by atoms with Gasteiger partial charge in [-0.25, -0.2) is 0 Å². The summed E-state index contributed by atoms with van der Waals surface area (Å²) in [4.78, 5) is 1.94. The van der Waals surface area contributed by atoms with Gasteiger partial charge in [-0.15, -0.1) is 0 Å². The van der Waals surface area contributed by atoms with Gasteiger partial charge in [0, 0.05) is 32.1 Å². The van der Waals surface area contributed by atoms with Crippen LogP contribution in [0.2, 0.25) is 0 Å². The van der Waals surface area contributed by atoms with Gasteiger partial charge < -0.3 is 20.5 Å². The highest BCUT2D eigenvalue weighted by molar-refractivity contribution is 5.55. The van der Waals surface area contributed by atoms with Crippen molar-refractivity contribution in [1.29, 1.82) is 0 Å². The van der Waals surface area contributed by atoms with E-state index in [-0.39, 0.29) is 0 Å². The fourth-order valence-electron chi connectivity index (χ4n) is 1.43. The molecule has 4 nitrogen and oxygen atoms in total. The maximum atomic E-state index is 9.55. The Morgan fingerprint density at radius 3 is 2.87 bits per heavy atom. The smallest absolute Gasteiger partial charge is 0.0947 e. The molecule has 0 fully saturated rings. The molecule has 0 spiro atoms. The Kier molecular flexibility index (Phi) is 4.39. The van der Waals surface area contributed by atoms with Crippen LogP contribution in [0.1, 0.15) is 0 Å². The minimum atomic E-state index is -0.485. The molecule has 0 radical (unpaired) electrons. The van der Waals surface area contributed by atoms with Gasteiger partial charge >= 0.3 is 0 Å². The van der Waals surface area contributed by atoms with E-state index in [1.54, 1.807) is 7.11 Å². The summed E-state index contributed by atoms with van der Waals surface area (Å²) in [7, 11) is 3.48. The molecule has 0 saturated heterocycles. The first-order valence-corrected chi connectivity index (χ1v) is 4.87. The van der Waals surface area contributed by atoms with Crippen LogP contribution in [0, 0.1) is 0 Å². The van der Waals surface area contributed by atoms with Crippen LogP contribution < -0.4 is 10.6 Å². The van der Waals surface area contributed by atoms with E-state index in [4.69, 9.17) is 10.5 Å². The summed E-state index contributed by atoms with van der Waals surface area (Å²) in [5.41, 5.74) is 7.39. The molecule has 15 heavy (non-hydrogen) atoms. The fraction of sp³-hybridized carbons (Fsp3) is 0.455. The molecule has 0 aliphatic carbocycles. The third kappa shape index (κ3) is 3.77. The van der Waals surface area contributed by atoms with Gasteiger partial charge in [0.05, 0.1) is 12.7 Å². The lowest BCUT2D eigenvalue weighted by atomic mass is 10.2. The number of nitrogens with two attached hydrogens (primary N) is 1. The van der Waals surface area contributed by atoms with Gasteiger partial charge in [-0.2, -0.15) is 0 Å². The third-order valence-electron chi connectivity index (χ3n) is 2.15. The lowest BCUT2D eigenvalue weighted by Gasteiger charge is -2.22. The van der Waals surface area contributed by atoms with Gasteiger partial charge in [0.15, 0.2) is 0 Å². The second-order valence-electron chi connectivity index (χ2n) is 3.58. The molecular formula is C11H18N2O2. The zero-order chi connectivity index (χ0) is 11.3. The first-order valence-electron chi connectivity index (χ1n) is 4.87. The summed E-state index contributed by atoms with van der Waals surface area (Å²) in [6.07, 6.45) is -0.485. The Labute approximate surface area is 90.3 Å². The number of likely N-dealkylation sites (N-methyl/N-ethyl adjacent to an activating group) is 1. The average Bonchev–Trinajstić information content (AvgIpc) is 2.18. The number of nitrogens with zero attached hydrogens (tertiary/aromatic N) is 1. The average molecular weight is 210 g/mol. The van der Waals surface area contributed by atoms with Gasteiger partial charge in [0.2, 0.25) is 0 Å². The molecular weight excluding hydrogens is 192 g/mol. The number of ether oxygens (including phenoxy) is 1. The minimum absolute atomic E-state index is 0.340. The fourth-order valence-corrected chi connectivity index (χ4v) is 1.43. The van der Waals surface area contributed by atoms with Gasteiger partial charge in [0.25, 0.3) is 0 Å². The monoisotopic (exact) mass is 210 g/mol. The molecule has 0 heterocycles. The van der Waals surface area contributed by atoms with Crippen LogP contribution in [0.15, 0.2) is 24.3 Å². The highest BCUT2D eigenvalue weighted by Gasteiger charge is 2.08. The van der Waals surface area contributed by atoms with Crippen LogP contribution in [-0.4, -0.2) is 38.5 Å². The standard InChI is InChI=1S/C11H18N2O2/c1-13(7-11(14)8-15-2)10-5-3-4-9(12)6-10/h3-6,11,14H,7-8,12H2,1-2H3. The molecule has 1 aromatic rings. The SMILES string of the molecule is COCC(O)CN(C)c1cccc(N)c1. The number of methoxy groups -OCH3 is 1. The molecule has 1 unspecified atom stereocenters. The molecule has 1 rings (SSSR count). The van der Waals surface area contributed by atoms with Crippen LogP contribution in [0.4, 0.5) is 11.4 Å². The first kappa shape index (κ1) is 11.8. The van der Waals surface area contributed by atoms with Gasteiger partial charge in [-0.3, -0.25) is 0 Å². The Bertz CT molecular complexity index is 304. The number of aliphatic hydroxyl groups excluding tert-OH is 1. The molecule has 1 aromatic carbocycles. The third-order valence-corrected chi connectivity index (χ3v) is 2.15. The highest BCUT2D eigenvalue weighted by Crippen LogP contribution is 2.15. The zero-order valence-corrected chi connectivity index (χ0v) is 9.18. The van der Waals surface area contributed by atoms with E-state index in [9.17, 15) is 5.11 Å². The Morgan fingerprint density at radius 2 is 2.27 bits per heavy atom. The number of benzene rings is 1. The predicted octanol–water partition coefficient (Wildman–Crippen LogP) is 0.712. The summed E-state index contributed by atoms with van der Waals surface area (Å²) >= 11 is 0. The van der Waals surface area contributed by atoms with Crippen LogP contribution >= 0.6 is 0 Å². The largest absolute Gasteiger partial charge is 0.399 e. The maximum absolute atomic E-state index is 9.55. The van der Waals surface area contributed by atoms with Crippen molar-refractivity contribution >= 4 is 11.4 Å². The summed E-state index contributed by atoms with van der Waals surface area (Å²) in [5, 5.41) is 9.55. The number of anilines is 2. The number of hydrogen-bond donors (Lipinski definition) is 2. The second kappa shape index (κ2) is 5.58. The van der Waals surface area contributed by atoms with Crippen molar-refractivity contribution in [3.05, 3.63) is 24.3 Å². The molecule has 0 saturated carbocycles. The molecule has 3 N–H and O–H groups in total. The topological polar surface area (TPSA) is 58.7 Å². The van der Waals surface area contributed by atoms with E-state index < -0.39 is 6.10 Å². The van der Waals surface area contributed by atoms with Crippen molar-refractivity contribution in [3.63, 3.8) is 0 Å². The summed E-state index contributed by atoms with van der Waals surface area (Å²) in [6.45, 7) is 0.865. The zero-order valence-electron chi connectivity index (χ0n) is 9.18. The summed E-state index contributed by atoms with van der Waals surface area (Å²) in [5.74, 6) is 0. The first-order chi connectivity index (χ1) is 7.13. The lowest BCUT2D eigenvalue weighted by Crippen LogP contribution is -2.31. The van der Waals surface area contributed by atoms with Gasteiger partial charge in [-0.1, -0.05) is 6.07 Å². The van der Waals surface area contributed by atoms with E-state index >= 15 is 0 Å². The molecule has 0 aliphatic rings. The van der Waals surface area contributed by atoms with E-state index in [1.165, 1.54) is 0 Å². The van der Waals surface area contributed by atoms with E-state index in [0.717, 1.165) is 11.4 Å². The highest BCUT2D eigenvalue weighted by atomic mass is 16.5. The van der Waals surface area contributed by atoms with E-state index in [2.05, 4.69) is 0 Å². The van der Waals surface area contributed by atoms with Crippen molar-refractivity contribution in [2.75, 3.05) is 37.9 Å². The molecule has 84 valence electrons. The van der Waals surface area contributed by atoms with Crippen molar-refractivity contribution in [1.82, 2.24) is 0 Å². The van der Waals surface area contributed by atoms with E-state index in [1.807, 2.05) is 36.2 Å². The molecule has 0 amide bonds. The second-order valence-corrected chi connectivity index (χ2v) is 3.58. The lowest BCUT2D eigenvalue weighted by molar-refractivity contribution is 0.0695. The molecule has 4 heteroatoms. The number of nitrogen functional groups attached to an aromatic ring is 1. The maximum Gasteiger partial charge on any atom is 0.0947 e. The van der Waals surface area contributed by atoms with Crippen LogP contribution in [-0.2, 0) is 4.74 Å². The number of hydrogen-bond acceptors (Lipinski definition) is 4. The molecule has 0 bridgehead atoms. The van der Waals surface area contributed by atoms with Gasteiger partial charge in [-0.05, 0) is 18.2 Å². The number of aliphatic hydroxyl groups is 1. The van der Waals surface area contributed by atoms with Gasteiger partial charge in [0.1, 0.15) is 0 Å². The quantitative estimate of drug-likeness (QED) is 0.703. The molecule has 1 atom stereocenters. The Morgan fingerprint density at radius 1 is 1.53 bits per heavy atom. The normalized spacial score (nSPS) is 12.5. The minimum Gasteiger partial charge on any atom is -0.399 e. The number of rotatable bonds is 5. The van der Waals surface area contributed by atoms with Crippen LogP contribution in [0.3, 0.4) is 0 Å². The molecule has 0 aromatic heterocycles. The van der Waals surface area contributed by atoms with E-state index in [0.29, 0.717) is 13.2 Å².